The average molecular weight is 292 g/mol. The van der Waals surface area contributed by atoms with E-state index in [2.05, 4.69) is 41.0 Å². The van der Waals surface area contributed by atoms with Crippen LogP contribution in [0.2, 0.25) is 0 Å². The number of nitrogens with zero attached hydrogens (tertiary/aromatic N) is 3. The second kappa shape index (κ2) is 6.65. The summed E-state index contributed by atoms with van der Waals surface area (Å²) in [5.41, 5.74) is 1.06. The maximum atomic E-state index is 5.56. The van der Waals surface area contributed by atoms with Gasteiger partial charge in [0.15, 0.2) is 0 Å². The average Bonchev–Trinajstić information content (AvgIpc) is 2.73. The van der Waals surface area contributed by atoms with Gasteiger partial charge in [-0.2, -0.15) is 4.98 Å². The molecule has 0 fully saturated rings. The highest BCUT2D eigenvalue weighted by Crippen LogP contribution is 2.18. The van der Waals surface area contributed by atoms with Gasteiger partial charge in [0.05, 0.1) is 36.2 Å². The Morgan fingerprint density at radius 3 is 2.70 bits per heavy atom. The van der Waals surface area contributed by atoms with Gasteiger partial charge in [0.1, 0.15) is 5.82 Å². The molecule has 0 aliphatic rings. The van der Waals surface area contributed by atoms with Crippen LogP contribution in [0.15, 0.2) is 12.4 Å². The van der Waals surface area contributed by atoms with Crippen molar-refractivity contribution in [3.05, 3.63) is 28.0 Å². The van der Waals surface area contributed by atoms with Crippen LogP contribution in [0.5, 0.6) is 5.88 Å². The fourth-order valence-corrected chi connectivity index (χ4v) is 2.50. The monoisotopic (exact) mass is 292 g/mol. The molecule has 0 aliphatic carbocycles. The summed E-state index contributed by atoms with van der Waals surface area (Å²) in [6.45, 7) is 9.59. The Bertz CT molecular complexity index is 568. The van der Waals surface area contributed by atoms with E-state index in [4.69, 9.17) is 4.74 Å². The number of ether oxygens (including phenoxy) is 1. The molecule has 2 rings (SSSR count). The zero-order valence-corrected chi connectivity index (χ0v) is 13.1. The van der Waals surface area contributed by atoms with Gasteiger partial charge in [0.2, 0.25) is 5.88 Å². The lowest BCUT2D eigenvalue weighted by molar-refractivity contribution is 0.260. The quantitative estimate of drug-likeness (QED) is 0.886. The number of aromatic nitrogens is 3. The Kier molecular flexibility index (Phi) is 4.89. The van der Waals surface area contributed by atoms with Crippen molar-refractivity contribution >= 4 is 17.2 Å². The zero-order valence-electron chi connectivity index (χ0n) is 12.3. The predicted molar refractivity (Wildman–Crippen MR) is 81.3 cm³/mol. The van der Waals surface area contributed by atoms with E-state index in [9.17, 15) is 0 Å². The number of hydrogen-bond donors (Lipinski definition) is 1. The summed E-state index contributed by atoms with van der Waals surface area (Å²) in [6.07, 6.45) is 3.32. The van der Waals surface area contributed by atoms with E-state index in [-0.39, 0.29) is 0 Å². The van der Waals surface area contributed by atoms with E-state index >= 15 is 0 Å². The van der Waals surface area contributed by atoms with Crippen molar-refractivity contribution < 1.29 is 4.74 Å². The molecule has 0 saturated heterocycles. The lowest BCUT2D eigenvalue weighted by Gasteiger charge is -2.09. The standard InChI is InChI=1S/C14H20N4OS/c1-9(2)8-19-14-7-15-6-13(18-14)16-5-12-10(3)20-11(4)17-12/h6-7,9H,5,8H2,1-4H3,(H,16,18). The highest BCUT2D eigenvalue weighted by molar-refractivity contribution is 7.11. The largest absolute Gasteiger partial charge is 0.476 e. The molecule has 0 amide bonds. The second-order valence-corrected chi connectivity index (χ2v) is 6.44. The molecule has 0 aromatic carbocycles. The lowest BCUT2D eigenvalue weighted by Crippen LogP contribution is -2.08. The minimum atomic E-state index is 0.467. The van der Waals surface area contributed by atoms with Crippen molar-refractivity contribution in [2.45, 2.75) is 34.2 Å². The topological polar surface area (TPSA) is 59.9 Å². The van der Waals surface area contributed by atoms with Crippen LogP contribution in [0.1, 0.15) is 29.4 Å². The fraction of sp³-hybridized carbons (Fsp3) is 0.500. The number of rotatable bonds is 6. The van der Waals surface area contributed by atoms with Crippen LogP contribution >= 0.6 is 11.3 Å². The Hall–Kier alpha value is -1.69. The minimum absolute atomic E-state index is 0.467. The molecule has 2 heterocycles. The highest BCUT2D eigenvalue weighted by atomic mass is 32.1. The van der Waals surface area contributed by atoms with Crippen LogP contribution in [0.4, 0.5) is 5.82 Å². The second-order valence-electron chi connectivity index (χ2n) is 5.04. The Balaban J connectivity index is 1.96. The molecule has 6 heteroatoms. The van der Waals surface area contributed by atoms with Gasteiger partial charge < -0.3 is 10.1 Å². The van der Waals surface area contributed by atoms with Crippen LogP contribution in [-0.2, 0) is 6.54 Å². The molecule has 0 aliphatic heterocycles. The van der Waals surface area contributed by atoms with Gasteiger partial charge in [-0.25, -0.2) is 4.98 Å². The molecule has 1 N–H and O–H groups in total. The van der Waals surface area contributed by atoms with E-state index in [0.29, 0.717) is 30.8 Å². The van der Waals surface area contributed by atoms with Crippen LogP contribution in [-0.4, -0.2) is 21.6 Å². The van der Waals surface area contributed by atoms with Crippen molar-refractivity contribution in [1.29, 1.82) is 0 Å². The third-order valence-electron chi connectivity index (χ3n) is 2.61. The smallest absolute Gasteiger partial charge is 0.234 e. The molecular formula is C14H20N4OS. The number of thiazole rings is 1. The first-order chi connectivity index (χ1) is 9.54. The van der Waals surface area contributed by atoms with Crippen LogP contribution in [0.25, 0.3) is 0 Å². The summed E-state index contributed by atoms with van der Waals surface area (Å²) in [4.78, 5) is 14.2. The molecule has 0 radical (unpaired) electrons. The van der Waals surface area contributed by atoms with Gasteiger partial charge in [-0.3, -0.25) is 4.98 Å². The Morgan fingerprint density at radius 2 is 2.05 bits per heavy atom. The van der Waals surface area contributed by atoms with Crippen LogP contribution in [0.3, 0.4) is 0 Å². The fourth-order valence-electron chi connectivity index (χ4n) is 1.67. The summed E-state index contributed by atoms with van der Waals surface area (Å²) in [5.74, 6) is 1.72. The predicted octanol–water partition coefficient (Wildman–Crippen LogP) is 3.20. The van der Waals surface area contributed by atoms with Crippen molar-refractivity contribution in [3.63, 3.8) is 0 Å². The molecule has 0 saturated carbocycles. The number of nitrogens with one attached hydrogen (secondary N) is 1. The lowest BCUT2D eigenvalue weighted by atomic mass is 10.2. The van der Waals surface area contributed by atoms with Crippen molar-refractivity contribution in [2.75, 3.05) is 11.9 Å². The maximum absolute atomic E-state index is 5.56. The van der Waals surface area contributed by atoms with E-state index in [1.54, 1.807) is 23.7 Å². The maximum Gasteiger partial charge on any atom is 0.234 e. The molecule has 0 unspecified atom stereocenters. The third kappa shape index (κ3) is 4.16. The van der Waals surface area contributed by atoms with Crippen molar-refractivity contribution in [3.8, 4) is 5.88 Å². The summed E-state index contributed by atoms with van der Waals surface area (Å²) < 4.78 is 5.56. The molecule has 20 heavy (non-hydrogen) atoms. The van der Waals surface area contributed by atoms with E-state index in [1.165, 1.54) is 4.88 Å². The van der Waals surface area contributed by atoms with Gasteiger partial charge in [-0.1, -0.05) is 13.8 Å². The molecule has 108 valence electrons. The summed E-state index contributed by atoms with van der Waals surface area (Å²) in [5, 5.41) is 4.32. The number of aryl methyl sites for hydroxylation is 2. The molecular weight excluding hydrogens is 272 g/mol. The molecule has 0 atom stereocenters. The summed E-state index contributed by atoms with van der Waals surface area (Å²) in [7, 11) is 0. The zero-order chi connectivity index (χ0) is 14.5. The minimum Gasteiger partial charge on any atom is -0.476 e. The van der Waals surface area contributed by atoms with Gasteiger partial charge in [-0.05, 0) is 19.8 Å². The van der Waals surface area contributed by atoms with Crippen molar-refractivity contribution in [1.82, 2.24) is 15.0 Å². The highest BCUT2D eigenvalue weighted by Gasteiger charge is 2.06. The van der Waals surface area contributed by atoms with Gasteiger partial charge in [0, 0.05) is 4.88 Å². The summed E-state index contributed by atoms with van der Waals surface area (Å²) >= 11 is 1.71. The molecule has 0 spiro atoms. The Labute approximate surface area is 123 Å². The molecule has 2 aromatic rings. The SMILES string of the molecule is Cc1nc(CNc2cncc(OCC(C)C)n2)c(C)s1. The van der Waals surface area contributed by atoms with E-state index in [0.717, 1.165) is 10.7 Å². The molecule has 5 nitrogen and oxygen atoms in total. The van der Waals surface area contributed by atoms with Gasteiger partial charge >= 0.3 is 0 Å². The van der Waals surface area contributed by atoms with E-state index < -0.39 is 0 Å². The number of hydrogen-bond acceptors (Lipinski definition) is 6. The molecule has 0 bridgehead atoms. The van der Waals surface area contributed by atoms with Crippen LogP contribution in [0, 0.1) is 19.8 Å². The molecule has 2 aromatic heterocycles. The van der Waals surface area contributed by atoms with Crippen molar-refractivity contribution in [2.24, 2.45) is 5.92 Å². The third-order valence-corrected chi connectivity index (χ3v) is 3.54. The van der Waals surface area contributed by atoms with Gasteiger partial charge in [-0.15, -0.1) is 11.3 Å². The summed E-state index contributed by atoms with van der Waals surface area (Å²) in [6, 6.07) is 0. The van der Waals surface area contributed by atoms with Crippen LogP contribution < -0.4 is 10.1 Å². The van der Waals surface area contributed by atoms with Gasteiger partial charge in [0.25, 0.3) is 0 Å². The number of anilines is 1. The first-order valence-corrected chi connectivity index (χ1v) is 7.48. The first-order valence-electron chi connectivity index (χ1n) is 6.66. The normalized spacial score (nSPS) is 10.8. The first kappa shape index (κ1) is 14.7. The Morgan fingerprint density at radius 1 is 1.25 bits per heavy atom. The van der Waals surface area contributed by atoms with E-state index in [1.807, 2.05) is 6.92 Å².